The standard InChI is InChI=1S/C24H4Br8Cl10S2/c25-3-1-4(26)10(30)7(9(3)29)23(19(39)15(35)13(33)16(36)20(23)40)43-44-24(8-11(31)5(27)2-6(28)12(8)32)21(41)17(37)14(34)18(38)22(24)42/h1-2,19,21H. The zero-order valence-electron chi connectivity index (χ0n) is 19.9. The molecule has 20 heteroatoms. The van der Waals surface area contributed by atoms with Crippen molar-refractivity contribution in [2.75, 3.05) is 0 Å². The highest BCUT2D eigenvalue weighted by Crippen LogP contribution is 2.71. The highest BCUT2D eigenvalue weighted by molar-refractivity contribution is 9.14. The Morgan fingerprint density at radius 2 is 0.705 bits per heavy atom. The largest absolute Gasteiger partial charge is 0.114 e. The lowest BCUT2D eigenvalue weighted by molar-refractivity contribution is 0.744. The predicted molar refractivity (Wildman–Crippen MR) is 227 cm³/mol. The topological polar surface area (TPSA) is 0 Å². The Morgan fingerprint density at radius 3 is 0.955 bits per heavy atom. The summed E-state index contributed by atoms with van der Waals surface area (Å²) in [5.74, 6) is 0. The lowest BCUT2D eigenvalue weighted by Gasteiger charge is -2.46. The summed E-state index contributed by atoms with van der Waals surface area (Å²) >= 11 is 98.3. The van der Waals surface area contributed by atoms with Gasteiger partial charge in [0.05, 0.1) is 51.0 Å². The van der Waals surface area contributed by atoms with Gasteiger partial charge in [-0.1, -0.05) is 114 Å². The third-order valence-corrected chi connectivity index (χ3v) is 23.6. The quantitative estimate of drug-likeness (QED) is 0.166. The average Bonchev–Trinajstić information content (AvgIpc) is 2.98. The van der Waals surface area contributed by atoms with Crippen molar-refractivity contribution in [2.45, 2.75) is 20.2 Å². The molecule has 2 aliphatic carbocycles. The van der Waals surface area contributed by atoms with Crippen molar-refractivity contribution in [3.8, 4) is 0 Å². The second-order valence-corrected chi connectivity index (χ2v) is 21.8. The van der Waals surface area contributed by atoms with Gasteiger partial charge in [-0.3, -0.25) is 0 Å². The Bertz CT molecular complexity index is 1570. The summed E-state index contributed by atoms with van der Waals surface area (Å²) in [6, 6.07) is 3.69. The van der Waals surface area contributed by atoms with Crippen molar-refractivity contribution < 1.29 is 0 Å². The van der Waals surface area contributed by atoms with Crippen LogP contribution in [0.25, 0.3) is 0 Å². The van der Waals surface area contributed by atoms with E-state index >= 15 is 0 Å². The van der Waals surface area contributed by atoms with Crippen LogP contribution in [0.5, 0.6) is 0 Å². The Morgan fingerprint density at radius 1 is 0.455 bits per heavy atom. The number of allylic oxidation sites excluding steroid dienone is 6. The van der Waals surface area contributed by atoms with E-state index in [2.05, 4.69) is 127 Å². The molecular weight excluding hydrogens is 1350 g/mol. The minimum Gasteiger partial charge on any atom is -0.114 e. The van der Waals surface area contributed by atoms with Crippen LogP contribution >= 0.6 is 265 Å². The van der Waals surface area contributed by atoms with Gasteiger partial charge < -0.3 is 0 Å². The van der Waals surface area contributed by atoms with Crippen LogP contribution in [0.1, 0.15) is 11.1 Å². The monoisotopic (exact) mass is 1340 g/mol. The van der Waals surface area contributed by atoms with Crippen molar-refractivity contribution in [1.82, 2.24) is 0 Å². The minimum atomic E-state index is -1.45. The average molecular weight is 1350 g/mol. The van der Waals surface area contributed by atoms with Crippen LogP contribution in [0.2, 0.25) is 0 Å². The highest BCUT2D eigenvalue weighted by Gasteiger charge is 2.58. The van der Waals surface area contributed by atoms with E-state index in [4.69, 9.17) is 116 Å². The third-order valence-electron chi connectivity index (χ3n) is 6.27. The highest BCUT2D eigenvalue weighted by atomic mass is 79.9. The molecule has 0 amide bonds. The summed E-state index contributed by atoms with van der Waals surface area (Å²) in [6.07, 6.45) is 0. The molecule has 0 aromatic heterocycles. The first-order valence-corrected chi connectivity index (χ1v) is 23.2. The summed E-state index contributed by atoms with van der Waals surface area (Å²) in [6.45, 7) is 0. The van der Waals surface area contributed by atoms with Crippen molar-refractivity contribution in [3.05, 3.63) is 99.3 Å². The maximum Gasteiger partial charge on any atom is 0.112 e. The van der Waals surface area contributed by atoms with Crippen LogP contribution in [-0.4, -0.2) is 10.8 Å². The summed E-state index contributed by atoms with van der Waals surface area (Å²) in [5.41, 5.74) is 1.14. The normalized spacial score (nSPS) is 26.4. The van der Waals surface area contributed by atoms with Crippen molar-refractivity contribution in [2.24, 2.45) is 0 Å². The Hall–Kier alpha value is 4.84. The number of rotatable bonds is 5. The molecule has 0 fully saturated rings. The second kappa shape index (κ2) is 16.1. The molecular formula is C24H4Br8Cl10S2. The Kier molecular flexibility index (Phi) is 15.2. The molecule has 0 saturated carbocycles. The summed E-state index contributed by atoms with van der Waals surface area (Å²) in [7, 11) is 2.37. The fourth-order valence-electron chi connectivity index (χ4n) is 4.17. The lowest BCUT2D eigenvalue weighted by atomic mass is 9.90. The maximum absolute atomic E-state index is 7.25. The molecule has 4 atom stereocenters. The summed E-state index contributed by atoms with van der Waals surface area (Å²) in [4.78, 5) is 0. The van der Waals surface area contributed by atoms with E-state index in [9.17, 15) is 0 Å². The molecule has 0 aliphatic heterocycles. The lowest BCUT2D eigenvalue weighted by Crippen LogP contribution is -2.41. The first-order chi connectivity index (χ1) is 20.3. The molecule has 4 unspecified atom stereocenters. The molecule has 0 radical (unpaired) electrons. The van der Waals surface area contributed by atoms with E-state index in [-0.39, 0.29) is 40.3 Å². The van der Waals surface area contributed by atoms with Gasteiger partial charge in [0.25, 0.3) is 0 Å². The van der Waals surface area contributed by atoms with Gasteiger partial charge in [-0.25, -0.2) is 0 Å². The van der Waals surface area contributed by atoms with Crippen LogP contribution in [0, 0.1) is 0 Å². The molecule has 44 heavy (non-hydrogen) atoms. The van der Waals surface area contributed by atoms with Gasteiger partial charge in [0, 0.05) is 46.9 Å². The van der Waals surface area contributed by atoms with Crippen molar-refractivity contribution >= 4 is 265 Å². The van der Waals surface area contributed by atoms with Crippen LogP contribution in [-0.2, 0) is 9.49 Å². The molecule has 0 heterocycles. The fourth-order valence-corrected chi connectivity index (χ4v) is 18.4. The zero-order chi connectivity index (χ0) is 33.4. The molecule has 2 aromatic rings. The number of benzene rings is 2. The smallest absolute Gasteiger partial charge is 0.112 e. The molecule has 0 nitrogen and oxygen atoms in total. The van der Waals surface area contributed by atoms with E-state index in [1.807, 2.05) is 12.1 Å². The van der Waals surface area contributed by atoms with Gasteiger partial charge in [-0.2, -0.15) is 0 Å². The van der Waals surface area contributed by atoms with E-state index in [0.29, 0.717) is 46.9 Å². The van der Waals surface area contributed by atoms with Gasteiger partial charge in [0.1, 0.15) is 9.49 Å². The molecule has 0 saturated heterocycles. The molecule has 238 valence electrons. The van der Waals surface area contributed by atoms with E-state index in [1.54, 1.807) is 0 Å². The van der Waals surface area contributed by atoms with Crippen LogP contribution in [0.3, 0.4) is 0 Å². The Balaban J connectivity index is 2.15. The van der Waals surface area contributed by atoms with Crippen LogP contribution in [0.15, 0.2) is 88.2 Å². The molecule has 0 N–H and O–H groups in total. The van der Waals surface area contributed by atoms with Crippen LogP contribution in [0.4, 0.5) is 0 Å². The van der Waals surface area contributed by atoms with E-state index < -0.39 is 20.2 Å². The predicted octanol–water partition coefficient (Wildman–Crippen LogP) is 18.3. The zero-order valence-corrected chi connectivity index (χ0v) is 41.8. The molecule has 2 aliphatic rings. The number of halogens is 18. The maximum atomic E-state index is 7.25. The molecule has 0 spiro atoms. The summed E-state index contributed by atoms with van der Waals surface area (Å²) < 4.78 is 2.22. The number of hydrogen-bond acceptors (Lipinski definition) is 2. The number of hydrogen-bond donors (Lipinski definition) is 0. The minimum absolute atomic E-state index is 0.00607. The molecule has 0 bridgehead atoms. The second-order valence-electron chi connectivity index (χ2n) is 8.63. The van der Waals surface area contributed by atoms with E-state index in [1.165, 1.54) is 21.6 Å². The van der Waals surface area contributed by atoms with Crippen LogP contribution < -0.4 is 0 Å². The molecule has 4 rings (SSSR count). The third kappa shape index (κ3) is 6.85. The molecule has 2 aromatic carbocycles. The Labute approximate surface area is 378 Å². The SMILES string of the molecule is ClC1=C(Cl)C(Cl)C(SSC2(c3c(Br)c(Br)cc(Br)c3Br)C(Cl)=C(Cl)C(Cl)=C(Cl)C2Cl)(c2c(Br)c(Br)cc(Br)c2Br)C(Cl)=C1Cl. The van der Waals surface area contributed by atoms with Gasteiger partial charge in [0.15, 0.2) is 0 Å². The fraction of sp³-hybridized carbons (Fsp3) is 0.167. The van der Waals surface area contributed by atoms with Crippen molar-refractivity contribution in [3.63, 3.8) is 0 Å². The van der Waals surface area contributed by atoms with Gasteiger partial charge >= 0.3 is 0 Å². The van der Waals surface area contributed by atoms with Gasteiger partial charge in [-0.05, 0) is 140 Å². The van der Waals surface area contributed by atoms with Gasteiger partial charge in [-0.15, -0.1) is 23.2 Å². The van der Waals surface area contributed by atoms with Crippen molar-refractivity contribution in [1.29, 1.82) is 0 Å². The first kappa shape index (κ1) is 41.6. The number of alkyl halides is 2. The first-order valence-electron chi connectivity index (χ1n) is 10.8. The van der Waals surface area contributed by atoms with Gasteiger partial charge in [0.2, 0.25) is 0 Å². The summed E-state index contributed by atoms with van der Waals surface area (Å²) in [5, 5.41) is -1.77. The van der Waals surface area contributed by atoms with E-state index in [0.717, 1.165) is 0 Å².